The first kappa shape index (κ1) is 8.94. The fraction of sp³-hybridized carbons (Fsp3) is 0.182. The molecular weight excluding hydrogens is 179 g/mol. The van der Waals surface area contributed by atoms with Crippen molar-refractivity contribution in [3.8, 4) is 0 Å². The third kappa shape index (κ3) is 1.31. The summed E-state index contributed by atoms with van der Waals surface area (Å²) >= 11 is 0. The molecule has 0 amide bonds. The van der Waals surface area contributed by atoms with E-state index in [1.807, 2.05) is 13.0 Å². The second kappa shape index (κ2) is 3.25. The molecule has 72 valence electrons. The number of halogens is 1. The molecule has 1 aromatic heterocycles. The lowest BCUT2D eigenvalue weighted by Gasteiger charge is -2.03. The largest absolute Gasteiger partial charge is 0.384 e. The second-order valence-corrected chi connectivity index (χ2v) is 3.20. The van der Waals surface area contributed by atoms with Crippen molar-refractivity contribution in [2.24, 2.45) is 0 Å². The van der Waals surface area contributed by atoms with Gasteiger partial charge in [-0.3, -0.25) is 0 Å². The van der Waals surface area contributed by atoms with Gasteiger partial charge in [0.2, 0.25) is 0 Å². The van der Waals surface area contributed by atoms with Crippen LogP contribution in [0.4, 0.5) is 10.2 Å². The minimum absolute atomic E-state index is 0.252. The van der Waals surface area contributed by atoms with E-state index < -0.39 is 0 Å². The molecule has 2 N–H and O–H groups in total. The zero-order chi connectivity index (χ0) is 10.1. The number of anilines is 1. The van der Waals surface area contributed by atoms with Crippen molar-refractivity contribution in [1.82, 2.24) is 4.98 Å². The van der Waals surface area contributed by atoms with Gasteiger partial charge in [0.25, 0.3) is 0 Å². The van der Waals surface area contributed by atoms with Crippen LogP contribution in [0.5, 0.6) is 0 Å². The van der Waals surface area contributed by atoms with Crippen LogP contribution in [0.1, 0.15) is 12.5 Å². The van der Waals surface area contributed by atoms with Crippen LogP contribution in [0, 0.1) is 5.82 Å². The van der Waals surface area contributed by atoms with E-state index in [0.717, 1.165) is 5.39 Å². The molecule has 0 spiro atoms. The van der Waals surface area contributed by atoms with E-state index in [-0.39, 0.29) is 5.82 Å². The Morgan fingerprint density at radius 1 is 1.29 bits per heavy atom. The van der Waals surface area contributed by atoms with Crippen molar-refractivity contribution < 1.29 is 4.39 Å². The lowest BCUT2D eigenvalue weighted by molar-refractivity contribution is 0.621. The number of nitrogens with zero attached hydrogens (tertiary/aromatic N) is 1. The number of aryl methyl sites for hydroxylation is 1. The number of hydrogen-bond acceptors (Lipinski definition) is 2. The number of aromatic nitrogens is 1. The van der Waals surface area contributed by atoms with Gasteiger partial charge in [-0.2, -0.15) is 0 Å². The molecule has 0 aliphatic heterocycles. The van der Waals surface area contributed by atoms with Gasteiger partial charge in [-0.05, 0) is 24.1 Å². The number of pyridine rings is 1. The number of nitrogens with two attached hydrogens (primary N) is 1. The number of fused-ring (bicyclic) bond motifs is 1. The molecule has 0 bridgehead atoms. The highest BCUT2D eigenvalue weighted by Crippen LogP contribution is 2.20. The van der Waals surface area contributed by atoms with Gasteiger partial charge in [-0.1, -0.05) is 19.1 Å². The molecule has 1 heterocycles. The Labute approximate surface area is 81.6 Å². The van der Waals surface area contributed by atoms with Crippen LogP contribution in [0.2, 0.25) is 0 Å². The van der Waals surface area contributed by atoms with E-state index in [4.69, 9.17) is 5.73 Å². The molecule has 0 aliphatic rings. The van der Waals surface area contributed by atoms with Crippen LogP contribution in [0.3, 0.4) is 0 Å². The molecule has 0 saturated heterocycles. The summed E-state index contributed by atoms with van der Waals surface area (Å²) in [5.41, 5.74) is 6.55. The lowest BCUT2D eigenvalue weighted by Crippen LogP contribution is -1.95. The summed E-state index contributed by atoms with van der Waals surface area (Å²) in [6.45, 7) is 1.91. The van der Waals surface area contributed by atoms with Crippen LogP contribution < -0.4 is 5.73 Å². The van der Waals surface area contributed by atoms with Gasteiger partial charge in [0.1, 0.15) is 11.3 Å². The van der Waals surface area contributed by atoms with Crippen molar-refractivity contribution in [2.45, 2.75) is 13.3 Å². The highest BCUT2D eigenvalue weighted by atomic mass is 19.1. The van der Waals surface area contributed by atoms with Crippen molar-refractivity contribution in [1.29, 1.82) is 0 Å². The SMILES string of the molecule is CCc1ccc2ccc(N)nc2c1F. The molecule has 0 radical (unpaired) electrons. The smallest absolute Gasteiger partial charge is 0.152 e. The molecule has 2 aromatic rings. The molecule has 0 aliphatic carbocycles. The van der Waals surface area contributed by atoms with Crippen LogP contribution in [0.15, 0.2) is 24.3 Å². The predicted octanol–water partition coefficient (Wildman–Crippen LogP) is 2.52. The van der Waals surface area contributed by atoms with Crippen LogP contribution >= 0.6 is 0 Å². The van der Waals surface area contributed by atoms with E-state index >= 15 is 0 Å². The Morgan fingerprint density at radius 2 is 2.00 bits per heavy atom. The first-order valence-electron chi connectivity index (χ1n) is 4.56. The molecule has 0 fully saturated rings. The summed E-state index contributed by atoms with van der Waals surface area (Å²) in [5.74, 6) is 0.0990. The standard InChI is InChI=1S/C11H11FN2/c1-2-7-3-4-8-5-6-9(13)14-11(8)10(7)12/h3-6H,2H2,1H3,(H2,13,14). The predicted molar refractivity (Wildman–Crippen MR) is 55.5 cm³/mol. The topological polar surface area (TPSA) is 38.9 Å². The number of nitrogen functional groups attached to an aromatic ring is 1. The number of hydrogen-bond donors (Lipinski definition) is 1. The monoisotopic (exact) mass is 190 g/mol. The van der Waals surface area contributed by atoms with Gasteiger partial charge >= 0.3 is 0 Å². The minimum Gasteiger partial charge on any atom is -0.384 e. The third-order valence-electron chi connectivity index (χ3n) is 2.28. The fourth-order valence-electron chi connectivity index (χ4n) is 1.48. The zero-order valence-electron chi connectivity index (χ0n) is 7.92. The molecule has 1 aromatic carbocycles. The van der Waals surface area contributed by atoms with E-state index in [9.17, 15) is 4.39 Å². The summed E-state index contributed by atoms with van der Waals surface area (Å²) < 4.78 is 13.7. The van der Waals surface area contributed by atoms with Gasteiger partial charge in [0.15, 0.2) is 5.82 Å². The molecular formula is C11H11FN2. The molecule has 3 heteroatoms. The number of rotatable bonds is 1. The van der Waals surface area contributed by atoms with E-state index in [1.54, 1.807) is 18.2 Å². The highest BCUT2D eigenvalue weighted by Gasteiger charge is 2.06. The Bertz CT molecular complexity index is 480. The minimum atomic E-state index is -0.252. The molecule has 2 rings (SSSR count). The normalized spacial score (nSPS) is 10.7. The second-order valence-electron chi connectivity index (χ2n) is 3.20. The van der Waals surface area contributed by atoms with Gasteiger partial charge in [-0.25, -0.2) is 9.37 Å². The maximum Gasteiger partial charge on any atom is 0.152 e. The lowest BCUT2D eigenvalue weighted by atomic mass is 10.1. The van der Waals surface area contributed by atoms with E-state index in [1.165, 1.54) is 0 Å². The van der Waals surface area contributed by atoms with Gasteiger partial charge < -0.3 is 5.73 Å². The fourth-order valence-corrected chi connectivity index (χ4v) is 1.48. The van der Waals surface area contributed by atoms with Crippen molar-refractivity contribution in [2.75, 3.05) is 5.73 Å². The third-order valence-corrected chi connectivity index (χ3v) is 2.28. The Morgan fingerprint density at radius 3 is 2.71 bits per heavy atom. The summed E-state index contributed by atoms with van der Waals surface area (Å²) in [5, 5.41) is 0.786. The molecule has 14 heavy (non-hydrogen) atoms. The maximum atomic E-state index is 13.7. The summed E-state index contributed by atoms with van der Waals surface area (Å²) in [4.78, 5) is 3.99. The molecule has 0 saturated carbocycles. The quantitative estimate of drug-likeness (QED) is 0.750. The van der Waals surface area contributed by atoms with Crippen LogP contribution in [-0.2, 0) is 6.42 Å². The summed E-state index contributed by atoms with van der Waals surface area (Å²) in [6, 6.07) is 7.10. The highest BCUT2D eigenvalue weighted by molar-refractivity contribution is 5.81. The van der Waals surface area contributed by atoms with E-state index in [2.05, 4.69) is 4.98 Å². The van der Waals surface area contributed by atoms with Gasteiger partial charge in [0, 0.05) is 5.39 Å². The van der Waals surface area contributed by atoms with Crippen molar-refractivity contribution >= 4 is 16.7 Å². The first-order valence-corrected chi connectivity index (χ1v) is 4.56. The Hall–Kier alpha value is -1.64. The Kier molecular flexibility index (Phi) is 2.08. The van der Waals surface area contributed by atoms with Gasteiger partial charge in [0.05, 0.1) is 0 Å². The summed E-state index contributed by atoms with van der Waals surface area (Å²) in [7, 11) is 0. The number of benzene rings is 1. The maximum absolute atomic E-state index is 13.7. The van der Waals surface area contributed by atoms with Crippen LogP contribution in [0.25, 0.3) is 10.9 Å². The molecule has 0 unspecified atom stereocenters. The zero-order valence-corrected chi connectivity index (χ0v) is 7.92. The first-order chi connectivity index (χ1) is 6.72. The average molecular weight is 190 g/mol. The molecule has 2 nitrogen and oxygen atoms in total. The van der Waals surface area contributed by atoms with Crippen LogP contribution in [-0.4, -0.2) is 4.98 Å². The Balaban J connectivity index is 2.79. The average Bonchev–Trinajstić information content (AvgIpc) is 2.20. The molecule has 0 atom stereocenters. The van der Waals surface area contributed by atoms with Crippen molar-refractivity contribution in [3.63, 3.8) is 0 Å². The summed E-state index contributed by atoms with van der Waals surface area (Å²) in [6.07, 6.45) is 0.665. The van der Waals surface area contributed by atoms with Crippen molar-refractivity contribution in [3.05, 3.63) is 35.6 Å². The van der Waals surface area contributed by atoms with Gasteiger partial charge in [-0.15, -0.1) is 0 Å². The van der Waals surface area contributed by atoms with E-state index in [0.29, 0.717) is 23.3 Å².